The van der Waals surface area contributed by atoms with E-state index >= 15 is 0 Å². The summed E-state index contributed by atoms with van der Waals surface area (Å²) in [5.41, 5.74) is 9.10. The standard InChI is InChI=1S/C16H19NO/c1-13(16-5-3-2-4-6-16)18-12-15-9-7-14(11-17)8-10-15/h2-10,13H,11-12,17H2,1H3. The predicted molar refractivity (Wildman–Crippen MR) is 74.0 cm³/mol. The van der Waals surface area contributed by atoms with Crippen molar-refractivity contribution in [2.45, 2.75) is 26.2 Å². The molecule has 0 aliphatic carbocycles. The van der Waals surface area contributed by atoms with Crippen LogP contribution in [0.4, 0.5) is 0 Å². The van der Waals surface area contributed by atoms with Crippen molar-refractivity contribution in [2.75, 3.05) is 0 Å². The lowest BCUT2D eigenvalue weighted by atomic mass is 10.1. The summed E-state index contributed by atoms with van der Waals surface area (Å²) in [4.78, 5) is 0. The van der Waals surface area contributed by atoms with Crippen molar-refractivity contribution in [3.05, 3.63) is 71.3 Å². The summed E-state index contributed by atoms with van der Waals surface area (Å²) in [6.45, 7) is 3.28. The molecule has 2 rings (SSSR count). The molecule has 2 nitrogen and oxygen atoms in total. The Labute approximate surface area is 108 Å². The molecule has 0 aromatic heterocycles. The van der Waals surface area contributed by atoms with Crippen molar-refractivity contribution < 1.29 is 4.74 Å². The number of benzene rings is 2. The van der Waals surface area contributed by atoms with Gasteiger partial charge in [0.1, 0.15) is 0 Å². The largest absolute Gasteiger partial charge is 0.369 e. The van der Waals surface area contributed by atoms with Gasteiger partial charge in [0.15, 0.2) is 0 Å². The van der Waals surface area contributed by atoms with E-state index in [1.807, 2.05) is 30.3 Å². The van der Waals surface area contributed by atoms with Crippen LogP contribution < -0.4 is 5.73 Å². The Morgan fingerprint density at radius 3 is 2.17 bits per heavy atom. The first-order chi connectivity index (χ1) is 8.79. The van der Waals surface area contributed by atoms with Crippen LogP contribution in [0.3, 0.4) is 0 Å². The summed E-state index contributed by atoms with van der Waals surface area (Å²) in [5, 5.41) is 0. The number of ether oxygens (including phenoxy) is 1. The van der Waals surface area contributed by atoms with Gasteiger partial charge in [0.2, 0.25) is 0 Å². The van der Waals surface area contributed by atoms with Gasteiger partial charge in [-0.15, -0.1) is 0 Å². The average molecular weight is 241 g/mol. The van der Waals surface area contributed by atoms with E-state index in [0.717, 1.165) is 5.56 Å². The van der Waals surface area contributed by atoms with E-state index in [4.69, 9.17) is 10.5 Å². The third kappa shape index (κ3) is 3.42. The zero-order valence-corrected chi connectivity index (χ0v) is 10.7. The zero-order valence-electron chi connectivity index (χ0n) is 10.7. The predicted octanol–water partition coefficient (Wildman–Crippen LogP) is 3.42. The first-order valence-corrected chi connectivity index (χ1v) is 6.24. The van der Waals surface area contributed by atoms with Crippen molar-refractivity contribution in [3.63, 3.8) is 0 Å². The fraction of sp³-hybridized carbons (Fsp3) is 0.250. The van der Waals surface area contributed by atoms with E-state index in [1.54, 1.807) is 0 Å². The molecule has 2 aromatic carbocycles. The lowest BCUT2D eigenvalue weighted by molar-refractivity contribution is 0.0525. The topological polar surface area (TPSA) is 35.2 Å². The van der Waals surface area contributed by atoms with Crippen molar-refractivity contribution >= 4 is 0 Å². The van der Waals surface area contributed by atoms with Gasteiger partial charge in [-0.25, -0.2) is 0 Å². The van der Waals surface area contributed by atoms with E-state index in [-0.39, 0.29) is 6.10 Å². The summed E-state index contributed by atoms with van der Waals surface area (Å²) in [6, 6.07) is 18.5. The fourth-order valence-corrected chi connectivity index (χ4v) is 1.81. The summed E-state index contributed by atoms with van der Waals surface area (Å²) >= 11 is 0. The highest BCUT2D eigenvalue weighted by molar-refractivity contribution is 5.22. The lowest BCUT2D eigenvalue weighted by Gasteiger charge is -2.13. The molecule has 0 amide bonds. The van der Waals surface area contributed by atoms with Gasteiger partial charge in [-0.3, -0.25) is 0 Å². The second-order valence-electron chi connectivity index (χ2n) is 4.38. The maximum Gasteiger partial charge on any atom is 0.0801 e. The van der Waals surface area contributed by atoms with Crippen LogP contribution in [0.5, 0.6) is 0 Å². The second kappa shape index (κ2) is 6.34. The van der Waals surface area contributed by atoms with Gasteiger partial charge in [0, 0.05) is 6.54 Å². The van der Waals surface area contributed by atoms with Crippen LogP contribution in [-0.2, 0) is 17.9 Å². The zero-order chi connectivity index (χ0) is 12.8. The van der Waals surface area contributed by atoms with Crippen LogP contribution in [-0.4, -0.2) is 0 Å². The summed E-state index contributed by atoms with van der Waals surface area (Å²) in [7, 11) is 0. The molecule has 2 N–H and O–H groups in total. The van der Waals surface area contributed by atoms with Crippen LogP contribution in [0.15, 0.2) is 54.6 Å². The van der Waals surface area contributed by atoms with Crippen LogP contribution >= 0.6 is 0 Å². The number of hydrogen-bond acceptors (Lipinski definition) is 2. The molecular formula is C16H19NO. The molecule has 0 heterocycles. The van der Waals surface area contributed by atoms with Gasteiger partial charge in [-0.1, -0.05) is 54.6 Å². The number of rotatable bonds is 5. The average Bonchev–Trinajstić information content (AvgIpc) is 2.46. The Morgan fingerprint density at radius 2 is 1.56 bits per heavy atom. The normalized spacial score (nSPS) is 12.3. The van der Waals surface area contributed by atoms with Gasteiger partial charge < -0.3 is 10.5 Å². The fourth-order valence-electron chi connectivity index (χ4n) is 1.81. The van der Waals surface area contributed by atoms with E-state index < -0.39 is 0 Å². The summed E-state index contributed by atoms with van der Waals surface area (Å²) in [5.74, 6) is 0. The Bertz CT molecular complexity index is 464. The molecular weight excluding hydrogens is 222 g/mol. The molecule has 0 radical (unpaired) electrons. The molecule has 0 saturated heterocycles. The van der Waals surface area contributed by atoms with E-state index in [0.29, 0.717) is 13.2 Å². The number of nitrogens with two attached hydrogens (primary N) is 1. The van der Waals surface area contributed by atoms with Gasteiger partial charge in [-0.05, 0) is 23.6 Å². The summed E-state index contributed by atoms with van der Waals surface area (Å²) in [6.07, 6.45) is 0.111. The van der Waals surface area contributed by atoms with Crippen molar-refractivity contribution in [1.82, 2.24) is 0 Å². The van der Waals surface area contributed by atoms with E-state index in [9.17, 15) is 0 Å². The Kier molecular flexibility index (Phi) is 4.51. The monoisotopic (exact) mass is 241 g/mol. The molecule has 1 atom stereocenters. The molecule has 0 spiro atoms. The lowest BCUT2D eigenvalue weighted by Crippen LogP contribution is -2.01. The Hall–Kier alpha value is -1.64. The quantitative estimate of drug-likeness (QED) is 0.870. The van der Waals surface area contributed by atoms with Gasteiger partial charge >= 0.3 is 0 Å². The Balaban J connectivity index is 1.91. The van der Waals surface area contributed by atoms with Crippen molar-refractivity contribution in [2.24, 2.45) is 5.73 Å². The molecule has 0 bridgehead atoms. The van der Waals surface area contributed by atoms with Crippen LogP contribution in [0.1, 0.15) is 29.7 Å². The third-order valence-electron chi connectivity index (χ3n) is 3.03. The smallest absolute Gasteiger partial charge is 0.0801 e. The van der Waals surface area contributed by atoms with E-state index in [1.165, 1.54) is 11.1 Å². The molecule has 0 fully saturated rings. The molecule has 0 aliphatic heterocycles. The highest BCUT2D eigenvalue weighted by atomic mass is 16.5. The molecule has 18 heavy (non-hydrogen) atoms. The van der Waals surface area contributed by atoms with Crippen molar-refractivity contribution in [1.29, 1.82) is 0 Å². The highest BCUT2D eigenvalue weighted by Gasteiger charge is 2.04. The van der Waals surface area contributed by atoms with Gasteiger partial charge in [0.05, 0.1) is 12.7 Å². The minimum Gasteiger partial charge on any atom is -0.369 e. The third-order valence-corrected chi connectivity index (χ3v) is 3.03. The SMILES string of the molecule is CC(OCc1ccc(CN)cc1)c1ccccc1. The van der Waals surface area contributed by atoms with Crippen molar-refractivity contribution in [3.8, 4) is 0 Å². The number of hydrogen-bond donors (Lipinski definition) is 1. The molecule has 2 heteroatoms. The second-order valence-corrected chi connectivity index (χ2v) is 4.38. The first kappa shape index (κ1) is 12.8. The molecule has 0 saturated carbocycles. The van der Waals surface area contributed by atoms with Gasteiger partial charge in [-0.2, -0.15) is 0 Å². The van der Waals surface area contributed by atoms with E-state index in [2.05, 4.69) is 31.2 Å². The first-order valence-electron chi connectivity index (χ1n) is 6.24. The minimum atomic E-state index is 0.111. The Morgan fingerprint density at radius 1 is 0.944 bits per heavy atom. The minimum absolute atomic E-state index is 0.111. The molecule has 2 aromatic rings. The van der Waals surface area contributed by atoms with Crippen LogP contribution in [0.2, 0.25) is 0 Å². The maximum atomic E-state index is 5.86. The van der Waals surface area contributed by atoms with Gasteiger partial charge in [0.25, 0.3) is 0 Å². The maximum absolute atomic E-state index is 5.86. The molecule has 0 aliphatic rings. The highest BCUT2D eigenvalue weighted by Crippen LogP contribution is 2.18. The van der Waals surface area contributed by atoms with Crippen LogP contribution in [0.25, 0.3) is 0 Å². The van der Waals surface area contributed by atoms with Crippen LogP contribution in [0, 0.1) is 0 Å². The molecule has 94 valence electrons. The summed E-state index contributed by atoms with van der Waals surface area (Å²) < 4.78 is 5.86. The molecule has 1 unspecified atom stereocenters.